The summed E-state index contributed by atoms with van der Waals surface area (Å²) in [4.78, 5) is 0. The lowest BCUT2D eigenvalue weighted by Gasteiger charge is -2.14. The summed E-state index contributed by atoms with van der Waals surface area (Å²) in [5.74, 6) is 0.317. The van der Waals surface area contributed by atoms with Crippen LogP contribution in [0, 0.1) is 5.92 Å². The number of alkyl halides is 2. The lowest BCUT2D eigenvalue weighted by Crippen LogP contribution is -2.06. The highest BCUT2D eigenvalue weighted by Crippen LogP contribution is 2.34. The number of benzene rings is 1. The first-order valence-corrected chi connectivity index (χ1v) is 5.92. The van der Waals surface area contributed by atoms with Crippen molar-refractivity contribution >= 4 is 6.08 Å². The summed E-state index contributed by atoms with van der Waals surface area (Å²) in [6, 6.07) is 4.86. The van der Waals surface area contributed by atoms with Gasteiger partial charge in [0.1, 0.15) is 0 Å². The van der Waals surface area contributed by atoms with E-state index in [0.29, 0.717) is 5.56 Å². The van der Waals surface area contributed by atoms with Gasteiger partial charge in [-0.2, -0.15) is 8.78 Å². The molecule has 106 valence electrons. The van der Waals surface area contributed by atoms with Gasteiger partial charge in [-0.25, -0.2) is 0 Å². The SMILES string of the molecule is COc1cccc(C=C(CO)C(C)C)c1OC(F)F. The van der Waals surface area contributed by atoms with Crippen LogP contribution in [0.1, 0.15) is 19.4 Å². The van der Waals surface area contributed by atoms with Gasteiger partial charge < -0.3 is 14.6 Å². The summed E-state index contributed by atoms with van der Waals surface area (Å²) in [6.07, 6.45) is 1.64. The van der Waals surface area contributed by atoms with Crippen LogP contribution >= 0.6 is 0 Å². The van der Waals surface area contributed by atoms with Gasteiger partial charge in [0.15, 0.2) is 11.5 Å². The van der Waals surface area contributed by atoms with E-state index in [1.165, 1.54) is 7.11 Å². The molecule has 19 heavy (non-hydrogen) atoms. The Labute approximate surface area is 111 Å². The number of aliphatic hydroxyl groups is 1. The van der Waals surface area contributed by atoms with E-state index >= 15 is 0 Å². The molecule has 0 saturated heterocycles. The van der Waals surface area contributed by atoms with Gasteiger partial charge in [-0.15, -0.1) is 0 Å². The molecule has 0 aliphatic rings. The van der Waals surface area contributed by atoms with Gasteiger partial charge in [0.2, 0.25) is 0 Å². The van der Waals surface area contributed by atoms with E-state index < -0.39 is 6.61 Å². The maximum absolute atomic E-state index is 12.4. The summed E-state index contributed by atoms with van der Waals surface area (Å²) >= 11 is 0. The second-order valence-corrected chi connectivity index (χ2v) is 4.29. The van der Waals surface area contributed by atoms with Crippen LogP contribution < -0.4 is 9.47 Å². The molecule has 0 amide bonds. The number of halogens is 2. The van der Waals surface area contributed by atoms with Gasteiger partial charge in [0, 0.05) is 5.56 Å². The van der Waals surface area contributed by atoms with E-state index in [2.05, 4.69) is 4.74 Å². The van der Waals surface area contributed by atoms with Crippen LogP contribution in [0.15, 0.2) is 23.8 Å². The standard InChI is InChI=1S/C14H18F2O3/c1-9(2)11(8-17)7-10-5-4-6-12(18-3)13(10)19-14(15)16/h4-7,9,14,17H,8H2,1-3H3. The van der Waals surface area contributed by atoms with Crippen molar-refractivity contribution in [1.29, 1.82) is 0 Å². The van der Waals surface area contributed by atoms with E-state index in [9.17, 15) is 13.9 Å². The molecule has 1 aromatic carbocycles. The zero-order valence-corrected chi connectivity index (χ0v) is 11.2. The van der Waals surface area contributed by atoms with Crippen LogP contribution in [-0.2, 0) is 0 Å². The van der Waals surface area contributed by atoms with Crippen LogP contribution in [0.2, 0.25) is 0 Å². The van der Waals surface area contributed by atoms with Gasteiger partial charge in [-0.05, 0) is 23.6 Å². The topological polar surface area (TPSA) is 38.7 Å². The number of hydrogen-bond donors (Lipinski definition) is 1. The average Bonchev–Trinajstić information content (AvgIpc) is 2.36. The predicted octanol–water partition coefficient (Wildman–Crippen LogP) is 3.33. The molecule has 0 radical (unpaired) electrons. The maximum atomic E-state index is 12.4. The lowest BCUT2D eigenvalue weighted by atomic mass is 10.0. The molecule has 3 nitrogen and oxygen atoms in total. The Morgan fingerprint density at radius 1 is 1.37 bits per heavy atom. The maximum Gasteiger partial charge on any atom is 0.387 e. The van der Waals surface area contributed by atoms with Crippen LogP contribution in [0.4, 0.5) is 8.78 Å². The molecule has 0 fully saturated rings. The summed E-state index contributed by atoms with van der Waals surface area (Å²) in [5.41, 5.74) is 1.18. The van der Waals surface area contributed by atoms with Crippen LogP contribution in [-0.4, -0.2) is 25.4 Å². The Balaban J connectivity index is 3.25. The third-order valence-corrected chi connectivity index (χ3v) is 2.70. The van der Waals surface area contributed by atoms with E-state index in [0.717, 1.165) is 5.57 Å². The first-order chi connectivity index (χ1) is 8.99. The van der Waals surface area contributed by atoms with Crippen LogP contribution in [0.3, 0.4) is 0 Å². The Morgan fingerprint density at radius 3 is 2.53 bits per heavy atom. The fourth-order valence-corrected chi connectivity index (χ4v) is 1.62. The van der Waals surface area contributed by atoms with Gasteiger partial charge >= 0.3 is 6.61 Å². The highest BCUT2D eigenvalue weighted by molar-refractivity contribution is 5.64. The Bertz CT molecular complexity index is 442. The van der Waals surface area contributed by atoms with E-state index in [1.54, 1.807) is 24.3 Å². The van der Waals surface area contributed by atoms with Crippen molar-refractivity contribution in [1.82, 2.24) is 0 Å². The van der Waals surface area contributed by atoms with E-state index in [1.807, 2.05) is 13.8 Å². The molecule has 1 N–H and O–H groups in total. The molecule has 0 atom stereocenters. The molecule has 0 bridgehead atoms. The highest BCUT2D eigenvalue weighted by atomic mass is 19.3. The third kappa shape index (κ3) is 4.21. The van der Waals surface area contributed by atoms with Gasteiger partial charge in [0.25, 0.3) is 0 Å². The minimum absolute atomic E-state index is 0.0217. The molecule has 0 aliphatic heterocycles. The van der Waals surface area contributed by atoms with Crippen molar-refractivity contribution in [2.45, 2.75) is 20.5 Å². The van der Waals surface area contributed by atoms with Crippen LogP contribution in [0.5, 0.6) is 11.5 Å². The van der Waals surface area contributed by atoms with E-state index in [4.69, 9.17) is 4.74 Å². The molecule has 0 heterocycles. The zero-order chi connectivity index (χ0) is 14.4. The minimum atomic E-state index is -2.93. The largest absolute Gasteiger partial charge is 0.493 e. The minimum Gasteiger partial charge on any atom is -0.493 e. The number of ether oxygens (including phenoxy) is 2. The number of hydrogen-bond acceptors (Lipinski definition) is 3. The Kier molecular flexibility index (Phi) is 5.76. The zero-order valence-electron chi connectivity index (χ0n) is 11.2. The second kappa shape index (κ2) is 7.09. The highest BCUT2D eigenvalue weighted by Gasteiger charge is 2.15. The molecular weight excluding hydrogens is 254 g/mol. The molecular formula is C14H18F2O3. The quantitative estimate of drug-likeness (QED) is 0.863. The molecule has 0 spiro atoms. The van der Waals surface area contributed by atoms with Gasteiger partial charge in [-0.1, -0.05) is 26.0 Å². The fraction of sp³-hybridized carbons (Fsp3) is 0.429. The summed E-state index contributed by atoms with van der Waals surface area (Å²) < 4.78 is 34.4. The molecule has 0 aromatic heterocycles. The molecule has 0 aliphatic carbocycles. The number of methoxy groups -OCH3 is 1. The van der Waals surface area contributed by atoms with Crippen molar-refractivity contribution in [2.24, 2.45) is 5.92 Å². The summed E-state index contributed by atoms with van der Waals surface area (Å²) in [5, 5.41) is 9.27. The summed E-state index contributed by atoms with van der Waals surface area (Å²) in [7, 11) is 1.39. The number of aliphatic hydroxyl groups excluding tert-OH is 1. The molecule has 0 unspecified atom stereocenters. The smallest absolute Gasteiger partial charge is 0.387 e. The predicted molar refractivity (Wildman–Crippen MR) is 69.5 cm³/mol. The lowest BCUT2D eigenvalue weighted by molar-refractivity contribution is -0.0513. The fourth-order valence-electron chi connectivity index (χ4n) is 1.62. The molecule has 5 heteroatoms. The second-order valence-electron chi connectivity index (χ2n) is 4.29. The molecule has 0 saturated carbocycles. The first kappa shape index (κ1) is 15.4. The summed E-state index contributed by atoms with van der Waals surface area (Å²) in [6.45, 7) is 0.759. The van der Waals surface area contributed by atoms with E-state index in [-0.39, 0.29) is 24.0 Å². The van der Waals surface area contributed by atoms with Crippen molar-refractivity contribution < 1.29 is 23.4 Å². The normalized spacial score (nSPS) is 12.1. The monoisotopic (exact) mass is 272 g/mol. The average molecular weight is 272 g/mol. The van der Waals surface area contributed by atoms with Crippen molar-refractivity contribution in [3.63, 3.8) is 0 Å². The molecule has 1 rings (SSSR count). The van der Waals surface area contributed by atoms with Gasteiger partial charge in [0.05, 0.1) is 13.7 Å². The molecule has 1 aromatic rings. The van der Waals surface area contributed by atoms with Crippen LogP contribution in [0.25, 0.3) is 6.08 Å². The Morgan fingerprint density at radius 2 is 2.05 bits per heavy atom. The number of rotatable bonds is 6. The number of para-hydroxylation sites is 1. The first-order valence-electron chi connectivity index (χ1n) is 5.92. The van der Waals surface area contributed by atoms with Crippen molar-refractivity contribution in [3.8, 4) is 11.5 Å². The van der Waals surface area contributed by atoms with Crippen molar-refractivity contribution in [3.05, 3.63) is 29.3 Å². The van der Waals surface area contributed by atoms with Crippen molar-refractivity contribution in [2.75, 3.05) is 13.7 Å². The van der Waals surface area contributed by atoms with Gasteiger partial charge in [-0.3, -0.25) is 0 Å². The Hall–Kier alpha value is -1.62. The third-order valence-electron chi connectivity index (χ3n) is 2.70.